The minimum absolute atomic E-state index is 0.0217. The van der Waals surface area contributed by atoms with E-state index in [2.05, 4.69) is 5.10 Å². The Labute approximate surface area is 105 Å². The van der Waals surface area contributed by atoms with Gasteiger partial charge in [-0.15, -0.1) is 0 Å². The molecule has 0 bridgehead atoms. The number of halogens is 1. The smallest absolute Gasteiger partial charge is 0.248 e. The maximum Gasteiger partial charge on any atom is 0.248 e. The fourth-order valence-electron chi connectivity index (χ4n) is 1.76. The van der Waals surface area contributed by atoms with Gasteiger partial charge in [0.15, 0.2) is 0 Å². The standard InChI is InChI=1S/C12H14ClN3O/c13-10-3-1-2-9(6-10)8-16-12(17)7-11(15-16)4-5-14/h1-3,6H,4-5,7-8,14H2. The van der Waals surface area contributed by atoms with Crippen molar-refractivity contribution in [3.63, 3.8) is 0 Å². The van der Waals surface area contributed by atoms with Crippen LogP contribution in [0.4, 0.5) is 0 Å². The van der Waals surface area contributed by atoms with E-state index in [1.807, 2.05) is 18.2 Å². The van der Waals surface area contributed by atoms with Gasteiger partial charge in [-0.25, -0.2) is 5.01 Å². The molecule has 0 saturated heterocycles. The molecule has 1 aromatic rings. The molecule has 4 nitrogen and oxygen atoms in total. The number of benzene rings is 1. The number of hydrogen-bond donors (Lipinski definition) is 1. The molecule has 1 aliphatic rings. The first-order valence-corrected chi connectivity index (χ1v) is 5.88. The van der Waals surface area contributed by atoms with E-state index in [4.69, 9.17) is 17.3 Å². The number of hydrogen-bond acceptors (Lipinski definition) is 3. The molecule has 0 aromatic heterocycles. The van der Waals surface area contributed by atoms with Gasteiger partial charge in [0.2, 0.25) is 5.91 Å². The Morgan fingerprint density at radius 2 is 2.29 bits per heavy atom. The second kappa shape index (κ2) is 5.29. The Kier molecular flexibility index (Phi) is 3.76. The first-order valence-electron chi connectivity index (χ1n) is 5.50. The first-order chi connectivity index (χ1) is 8.19. The van der Waals surface area contributed by atoms with E-state index in [9.17, 15) is 4.79 Å². The lowest BCUT2D eigenvalue weighted by Gasteiger charge is -2.11. The number of nitrogens with two attached hydrogens (primary N) is 1. The van der Waals surface area contributed by atoms with E-state index >= 15 is 0 Å². The van der Waals surface area contributed by atoms with Gasteiger partial charge in [-0.3, -0.25) is 4.79 Å². The largest absolute Gasteiger partial charge is 0.330 e. The van der Waals surface area contributed by atoms with Crippen molar-refractivity contribution in [3.05, 3.63) is 34.9 Å². The molecule has 0 fully saturated rings. The summed E-state index contributed by atoms with van der Waals surface area (Å²) in [7, 11) is 0. The van der Waals surface area contributed by atoms with Crippen LogP contribution in [0, 0.1) is 0 Å². The number of nitrogens with zero attached hydrogens (tertiary/aromatic N) is 2. The Balaban J connectivity index is 2.06. The minimum atomic E-state index is 0.0217. The lowest BCUT2D eigenvalue weighted by atomic mass is 10.2. The van der Waals surface area contributed by atoms with Crippen molar-refractivity contribution in [1.29, 1.82) is 0 Å². The normalized spacial score (nSPS) is 15.3. The number of carbonyl (C=O) groups is 1. The summed E-state index contributed by atoms with van der Waals surface area (Å²) in [5.41, 5.74) is 7.28. The van der Waals surface area contributed by atoms with Crippen molar-refractivity contribution in [2.24, 2.45) is 10.8 Å². The van der Waals surface area contributed by atoms with Gasteiger partial charge in [-0.2, -0.15) is 5.10 Å². The van der Waals surface area contributed by atoms with Gasteiger partial charge in [-0.05, 0) is 24.2 Å². The maximum atomic E-state index is 11.7. The fraction of sp³-hybridized carbons (Fsp3) is 0.333. The van der Waals surface area contributed by atoms with Gasteiger partial charge in [0.25, 0.3) is 0 Å². The third-order valence-electron chi connectivity index (χ3n) is 2.56. The zero-order chi connectivity index (χ0) is 12.3. The van der Waals surface area contributed by atoms with Crippen LogP contribution in [0.1, 0.15) is 18.4 Å². The average Bonchev–Trinajstić information content (AvgIpc) is 2.60. The van der Waals surface area contributed by atoms with Gasteiger partial charge in [0.05, 0.1) is 13.0 Å². The fourth-order valence-corrected chi connectivity index (χ4v) is 1.98. The van der Waals surface area contributed by atoms with Crippen LogP contribution >= 0.6 is 11.6 Å². The number of rotatable bonds is 4. The lowest BCUT2D eigenvalue weighted by Crippen LogP contribution is -2.20. The SMILES string of the molecule is NCCC1=NN(Cc2cccc(Cl)c2)C(=O)C1. The van der Waals surface area contributed by atoms with Crippen molar-refractivity contribution in [2.45, 2.75) is 19.4 Å². The van der Waals surface area contributed by atoms with Gasteiger partial charge >= 0.3 is 0 Å². The van der Waals surface area contributed by atoms with Crippen LogP contribution < -0.4 is 5.73 Å². The molecular formula is C12H14ClN3O. The molecule has 1 heterocycles. The number of amides is 1. The molecule has 2 N–H and O–H groups in total. The highest BCUT2D eigenvalue weighted by atomic mass is 35.5. The van der Waals surface area contributed by atoms with Crippen LogP contribution in [-0.2, 0) is 11.3 Å². The predicted molar refractivity (Wildman–Crippen MR) is 67.7 cm³/mol. The molecule has 1 aliphatic heterocycles. The Morgan fingerprint density at radius 3 is 3.00 bits per heavy atom. The highest BCUT2D eigenvalue weighted by Crippen LogP contribution is 2.17. The van der Waals surface area contributed by atoms with Gasteiger partial charge in [0, 0.05) is 17.2 Å². The minimum Gasteiger partial charge on any atom is -0.330 e. The Bertz CT molecular complexity index is 459. The second-order valence-electron chi connectivity index (χ2n) is 3.96. The zero-order valence-electron chi connectivity index (χ0n) is 9.40. The van der Waals surface area contributed by atoms with Crippen molar-refractivity contribution < 1.29 is 4.79 Å². The van der Waals surface area contributed by atoms with Gasteiger partial charge < -0.3 is 5.73 Å². The molecule has 90 valence electrons. The second-order valence-corrected chi connectivity index (χ2v) is 4.40. The Hall–Kier alpha value is -1.39. The predicted octanol–water partition coefficient (Wildman–Crippen LogP) is 1.78. The highest BCUT2D eigenvalue weighted by molar-refractivity contribution is 6.30. The lowest BCUT2D eigenvalue weighted by molar-refractivity contribution is -0.129. The van der Waals surface area contributed by atoms with Crippen molar-refractivity contribution in [2.75, 3.05) is 6.54 Å². The van der Waals surface area contributed by atoms with E-state index in [0.29, 0.717) is 31.0 Å². The molecule has 1 aromatic carbocycles. The third-order valence-corrected chi connectivity index (χ3v) is 2.79. The van der Waals surface area contributed by atoms with Crippen LogP contribution in [0.2, 0.25) is 5.02 Å². The van der Waals surface area contributed by atoms with Crippen molar-refractivity contribution in [3.8, 4) is 0 Å². The molecule has 0 aliphatic carbocycles. The van der Waals surface area contributed by atoms with Gasteiger partial charge in [0.1, 0.15) is 0 Å². The molecule has 0 atom stereocenters. The summed E-state index contributed by atoms with van der Waals surface area (Å²) < 4.78 is 0. The van der Waals surface area contributed by atoms with Crippen molar-refractivity contribution >= 4 is 23.2 Å². The first kappa shape index (κ1) is 12.1. The number of carbonyl (C=O) groups excluding carboxylic acids is 1. The molecule has 5 heteroatoms. The van der Waals surface area contributed by atoms with E-state index in [-0.39, 0.29) is 5.91 Å². The van der Waals surface area contributed by atoms with Crippen LogP contribution in [0.25, 0.3) is 0 Å². The molecule has 0 unspecified atom stereocenters. The van der Waals surface area contributed by atoms with Crippen LogP contribution in [0.3, 0.4) is 0 Å². The summed E-state index contributed by atoms with van der Waals surface area (Å²) in [5.74, 6) is 0.0217. The summed E-state index contributed by atoms with van der Waals surface area (Å²) in [4.78, 5) is 11.7. The van der Waals surface area contributed by atoms with E-state index in [1.54, 1.807) is 6.07 Å². The molecule has 0 spiro atoms. The van der Waals surface area contributed by atoms with E-state index in [0.717, 1.165) is 11.3 Å². The average molecular weight is 252 g/mol. The van der Waals surface area contributed by atoms with Gasteiger partial charge in [-0.1, -0.05) is 23.7 Å². The maximum absolute atomic E-state index is 11.7. The zero-order valence-corrected chi connectivity index (χ0v) is 10.2. The Morgan fingerprint density at radius 1 is 1.47 bits per heavy atom. The third kappa shape index (κ3) is 3.05. The molecule has 1 amide bonds. The topological polar surface area (TPSA) is 58.7 Å². The summed E-state index contributed by atoms with van der Waals surface area (Å²) in [6, 6.07) is 7.43. The summed E-state index contributed by atoms with van der Waals surface area (Å²) >= 11 is 5.89. The monoisotopic (exact) mass is 251 g/mol. The summed E-state index contributed by atoms with van der Waals surface area (Å²) in [6.07, 6.45) is 1.07. The highest BCUT2D eigenvalue weighted by Gasteiger charge is 2.22. The van der Waals surface area contributed by atoms with E-state index in [1.165, 1.54) is 5.01 Å². The van der Waals surface area contributed by atoms with Crippen molar-refractivity contribution in [1.82, 2.24) is 5.01 Å². The molecular weight excluding hydrogens is 238 g/mol. The molecule has 2 rings (SSSR count). The summed E-state index contributed by atoms with van der Waals surface area (Å²) in [6.45, 7) is 0.991. The molecule has 17 heavy (non-hydrogen) atoms. The molecule has 0 radical (unpaired) electrons. The number of hydrazone groups is 1. The summed E-state index contributed by atoms with van der Waals surface area (Å²) in [5, 5.41) is 6.41. The van der Waals surface area contributed by atoms with Crippen LogP contribution in [0.15, 0.2) is 29.4 Å². The van der Waals surface area contributed by atoms with Crippen LogP contribution in [-0.4, -0.2) is 23.2 Å². The molecule has 0 saturated carbocycles. The van der Waals surface area contributed by atoms with E-state index < -0.39 is 0 Å². The van der Waals surface area contributed by atoms with Crippen LogP contribution in [0.5, 0.6) is 0 Å². The quantitative estimate of drug-likeness (QED) is 0.887.